The molecule has 0 aromatic carbocycles. The van der Waals surface area contributed by atoms with E-state index in [2.05, 4.69) is 9.97 Å². The van der Waals surface area contributed by atoms with Gasteiger partial charge in [0.15, 0.2) is 9.84 Å². The second-order valence-electron chi connectivity index (χ2n) is 3.65. The fourth-order valence-corrected chi connectivity index (χ4v) is 2.17. The van der Waals surface area contributed by atoms with E-state index in [4.69, 9.17) is 0 Å². The Bertz CT molecular complexity index is 609. The maximum absolute atomic E-state index is 11.3. The summed E-state index contributed by atoms with van der Waals surface area (Å²) in [7, 11) is -3.19. The fourth-order valence-electron chi connectivity index (χ4n) is 1.52. The van der Waals surface area contributed by atoms with E-state index in [1.54, 1.807) is 30.7 Å². The van der Waals surface area contributed by atoms with Crippen molar-refractivity contribution in [1.82, 2.24) is 9.97 Å². The van der Waals surface area contributed by atoms with Crippen LogP contribution in [0.5, 0.6) is 0 Å². The monoisotopic (exact) mass is 247 g/mol. The van der Waals surface area contributed by atoms with Crippen molar-refractivity contribution in [2.24, 2.45) is 0 Å². The molecular weight excluding hydrogens is 236 g/mol. The highest BCUT2D eigenvalue weighted by Gasteiger charge is 2.11. The van der Waals surface area contributed by atoms with Gasteiger partial charge in [-0.3, -0.25) is 9.97 Å². The predicted octanol–water partition coefficient (Wildman–Crippen LogP) is 1.70. The molecule has 2 aromatic rings. The van der Waals surface area contributed by atoms with E-state index in [0.717, 1.165) is 17.4 Å². The van der Waals surface area contributed by atoms with Gasteiger partial charge >= 0.3 is 0 Å². The molecule has 0 aliphatic carbocycles. The molecule has 0 amide bonds. The molecule has 2 aromatic heterocycles. The van der Waals surface area contributed by atoms with Crippen molar-refractivity contribution >= 4 is 9.84 Å². The predicted molar refractivity (Wildman–Crippen MR) is 65.7 cm³/mol. The average molecular weight is 247 g/mol. The van der Waals surface area contributed by atoms with Gasteiger partial charge in [-0.05, 0) is 23.3 Å². The maximum atomic E-state index is 11.3. The molecule has 0 saturated heterocycles. The van der Waals surface area contributed by atoms with Gasteiger partial charge in [-0.2, -0.15) is 0 Å². The molecule has 0 atom stereocenters. The molecule has 0 aliphatic heterocycles. The van der Waals surface area contributed by atoms with E-state index in [1.165, 1.54) is 11.9 Å². The molecule has 0 saturated carbocycles. The summed E-state index contributed by atoms with van der Waals surface area (Å²) in [5, 5.41) is 0. The van der Waals surface area contributed by atoms with Crippen LogP contribution in [0.2, 0.25) is 0 Å². The molecule has 0 aliphatic rings. The molecule has 4 nitrogen and oxygen atoms in total. The second kappa shape index (κ2) is 4.63. The van der Waals surface area contributed by atoms with Crippen LogP contribution in [0.25, 0.3) is 11.1 Å². The van der Waals surface area contributed by atoms with Gasteiger partial charge in [-0.15, -0.1) is 0 Å². The number of sulfone groups is 1. The number of pyridine rings is 2. The molecule has 0 fully saturated rings. The first-order valence-corrected chi connectivity index (χ1v) is 6.91. The topological polar surface area (TPSA) is 59.9 Å². The van der Waals surface area contributed by atoms with Crippen LogP contribution in [-0.4, -0.2) is 24.6 Å². The summed E-state index contributed by atoms with van der Waals surface area (Å²) in [6.07, 6.45) is 7.68. The summed E-state index contributed by atoms with van der Waals surface area (Å²) >= 11 is 0. The Morgan fingerprint density at radius 3 is 2.53 bits per heavy atom. The van der Waals surface area contributed by atoms with Crippen molar-refractivity contribution in [1.29, 1.82) is 0 Å². The van der Waals surface area contributed by atoms with Crippen LogP contribution >= 0.6 is 0 Å². The molecule has 0 spiro atoms. The summed E-state index contributed by atoms with van der Waals surface area (Å²) in [6, 6.07) is 5.45. The zero-order chi connectivity index (χ0) is 12.3. The highest BCUT2D eigenvalue weighted by Crippen LogP contribution is 2.24. The van der Waals surface area contributed by atoms with Gasteiger partial charge in [-0.1, -0.05) is 6.07 Å². The van der Waals surface area contributed by atoms with Crippen LogP contribution in [0.15, 0.2) is 43.0 Å². The molecule has 0 bridgehead atoms. The van der Waals surface area contributed by atoms with E-state index in [9.17, 15) is 8.42 Å². The molecule has 87 valence electrons. The molecule has 0 N–H and O–H groups in total. The minimum absolute atomic E-state index is 0.572. The zero-order valence-corrected chi connectivity index (χ0v) is 10.1. The summed E-state index contributed by atoms with van der Waals surface area (Å²) in [5.41, 5.74) is 2.24. The number of hydrogen-bond donors (Lipinski definition) is 0. The van der Waals surface area contributed by atoms with Crippen molar-refractivity contribution in [3.05, 3.63) is 54.3 Å². The average Bonchev–Trinajstić information content (AvgIpc) is 2.29. The highest BCUT2D eigenvalue weighted by atomic mass is 32.2. The van der Waals surface area contributed by atoms with Gasteiger partial charge in [0, 0.05) is 36.6 Å². The Labute approximate surface area is 100 Å². The van der Waals surface area contributed by atoms with E-state index in [1.807, 2.05) is 6.07 Å². The Balaban J connectivity index is 2.49. The minimum Gasteiger partial charge on any atom is -0.264 e. The van der Waals surface area contributed by atoms with Crippen molar-refractivity contribution < 1.29 is 8.42 Å². The Kier molecular flexibility index (Phi) is 3.19. The minimum atomic E-state index is -3.19. The van der Waals surface area contributed by atoms with Gasteiger partial charge in [0.1, 0.15) is 5.75 Å². The normalized spacial score (nSPS) is 11.4. The lowest BCUT2D eigenvalue weighted by atomic mass is 10.1. The van der Waals surface area contributed by atoms with Crippen molar-refractivity contribution in [2.45, 2.75) is 0 Å². The first kappa shape index (κ1) is 11.7. The lowest BCUT2D eigenvalue weighted by molar-refractivity contribution is 0.608. The summed E-state index contributed by atoms with van der Waals surface area (Å²) in [5.74, 6) is 1.21. The lowest BCUT2D eigenvalue weighted by Gasteiger charge is -2.06. The molecular formula is C12H11N2O2S. The van der Waals surface area contributed by atoms with Gasteiger partial charge in [0.05, 0.1) is 0 Å². The molecule has 0 unspecified atom stereocenters. The third-order valence-corrected chi connectivity index (χ3v) is 2.85. The van der Waals surface area contributed by atoms with Gasteiger partial charge in [0.25, 0.3) is 0 Å². The molecule has 17 heavy (non-hydrogen) atoms. The standard InChI is InChI=1S/C12H11N2O2S/c1-17(15,16)9-11-8-14-6-4-12(11)10-3-2-5-13-7-10/h2-9H,1H3. The van der Waals surface area contributed by atoms with Crippen LogP contribution in [0.1, 0.15) is 5.56 Å². The molecule has 2 heterocycles. The van der Waals surface area contributed by atoms with Crippen molar-refractivity contribution in [3.8, 4) is 11.1 Å². The van der Waals surface area contributed by atoms with E-state index in [0.29, 0.717) is 5.56 Å². The highest BCUT2D eigenvalue weighted by molar-refractivity contribution is 7.92. The first-order chi connectivity index (χ1) is 8.06. The Morgan fingerprint density at radius 1 is 1.12 bits per heavy atom. The molecule has 5 heteroatoms. The summed E-state index contributed by atoms with van der Waals surface area (Å²) in [4.78, 5) is 7.95. The number of hydrogen-bond acceptors (Lipinski definition) is 4. The van der Waals surface area contributed by atoms with Crippen LogP contribution in [0.3, 0.4) is 0 Å². The van der Waals surface area contributed by atoms with Gasteiger partial charge < -0.3 is 0 Å². The largest absolute Gasteiger partial charge is 0.264 e. The van der Waals surface area contributed by atoms with Crippen LogP contribution in [-0.2, 0) is 9.84 Å². The fraction of sp³-hybridized carbons (Fsp3) is 0.0833. The third-order valence-electron chi connectivity index (χ3n) is 2.17. The number of rotatable bonds is 3. The van der Waals surface area contributed by atoms with E-state index >= 15 is 0 Å². The zero-order valence-electron chi connectivity index (χ0n) is 9.24. The maximum Gasteiger partial charge on any atom is 0.156 e. The quantitative estimate of drug-likeness (QED) is 0.828. The van der Waals surface area contributed by atoms with E-state index in [-0.39, 0.29) is 0 Å². The number of aromatic nitrogens is 2. The van der Waals surface area contributed by atoms with Crippen LogP contribution in [0.4, 0.5) is 0 Å². The lowest BCUT2D eigenvalue weighted by Crippen LogP contribution is -2.00. The van der Waals surface area contributed by atoms with Crippen LogP contribution in [0, 0.1) is 5.75 Å². The molecule has 2 rings (SSSR count). The Hall–Kier alpha value is -1.75. The summed E-state index contributed by atoms with van der Waals surface area (Å²) in [6.45, 7) is 0. The first-order valence-electron chi connectivity index (χ1n) is 4.95. The third kappa shape index (κ3) is 3.10. The SMILES string of the molecule is CS(=O)(=O)[CH]c1cnccc1-c1cccnc1. The summed E-state index contributed by atoms with van der Waals surface area (Å²) < 4.78 is 22.6. The van der Waals surface area contributed by atoms with Crippen molar-refractivity contribution in [2.75, 3.05) is 6.26 Å². The Morgan fingerprint density at radius 2 is 1.88 bits per heavy atom. The second-order valence-corrected chi connectivity index (χ2v) is 5.55. The van der Waals surface area contributed by atoms with Crippen LogP contribution < -0.4 is 0 Å². The molecule has 1 radical (unpaired) electrons. The smallest absolute Gasteiger partial charge is 0.156 e. The van der Waals surface area contributed by atoms with Gasteiger partial charge in [-0.25, -0.2) is 8.42 Å². The van der Waals surface area contributed by atoms with Crippen molar-refractivity contribution in [3.63, 3.8) is 0 Å². The van der Waals surface area contributed by atoms with Gasteiger partial charge in [0.2, 0.25) is 0 Å². The number of nitrogens with zero attached hydrogens (tertiary/aromatic N) is 2. The van der Waals surface area contributed by atoms with E-state index < -0.39 is 9.84 Å².